The second-order valence-corrected chi connectivity index (χ2v) is 6.32. The maximum absolute atomic E-state index is 4.11. The van der Waals surface area contributed by atoms with Crippen molar-refractivity contribution in [1.82, 2.24) is 30.0 Å². The first-order valence-corrected chi connectivity index (χ1v) is 8.15. The van der Waals surface area contributed by atoms with Crippen molar-refractivity contribution < 1.29 is 0 Å². The monoisotopic (exact) mass is 315 g/mol. The molecule has 7 nitrogen and oxygen atoms in total. The number of aromatic nitrogens is 4. The Kier molecular flexibility index (Phi) is 4.88. The third-order valence-electron chi connectivity index (χ3n) is 4.46. The standard InChI is InChI=1S/C16H25N7/c1-13-4-6-15(7-5-13)23-16(18-19-20-23)17-12-14(2)22-10-8-21(3)9-11-22/h4-7,14H,8-12H2,1-3H3,(H,17,18,20). The molecule has 0 saturated carbocycles. The van der Waals surface area contributed by atoms with E-state index in [4.69, 9.17) is 0 Å². The Morgan fingerprint density at radius 2 is 1.83 bits per heavy atom. The van der Waals surface area contributed by atoms with Crippen LogP contribution in [-0.2, 0) is 0 Å². The molecule has 0 bridgehead atoms. The molecular weight excluding hydrogens is 290 g/mol. The largest absolute Gasteiger partial charge is 0.351 e. The Morgan fingerprint density at radius 3 is 2.52 bits per heavy atom. The first-order chi connectivity index (χ1) is 11.1. The SMILES string of the molecule is Cc1ccc(-n2nnnc2NCC(C)N2CCN(C)CC2)cc1. The van der Waals surface area contributed by atoms with Gasteiger partial charge in [-0.15, -0.1) is 0 Å². The number of piperazine rings is 1. The Balaban J connectivity index is 1.61. The van der Waals surface area contributed by atoms with E-state index >= 15 is 0 Å². The van der Waals surface area contributed by atoms with Gasteiger partial charge in [-0.05, 0) is 43.5 Å². The maximum Gasteiger partial charge on any atom is 0.247 e. The zero-order valence-electron chi connectivity index (χ0n) is 14.1. The lowest BCUT2D eigenvalue weighted by Crippen LogP contribution is -2.50. The average molecular weight is 315 g/mol. The number of aryl methyl sites for hydroxylation is 1. The van der Waals surface area contributed by atoms with Crippen molar-refractivity contribution in [3.63, 3.8) is 0 Å². The number of tetrazole rings is 1. The molecule has 1 unspecified atom stereocenters. The number of anilines is 1. The molecule has 1 N–H and O–H groups in total. The minimum Gasteiger partial charge on any atom is -0.351 e. The molecule has 0 spiro atoms. The summed E-state index contributed by atoms with van der Waals surface area (Å²) < 4.78 is 1.75. The van der Waals surface area contributed by atoms with E-state index in [1.165, 1.54) is 5.56 Å². The summed E-state index contributed by atoms with van der Waals surface area (Å²) in [5.41, 5.74) is 2.19. The smallest absolute Gasteiger partial charge is 0.247 e. The number of benzene rings is 1. The minimum atomic E-state index is 0.451. The number of hydrogen-bond acceptors (Lipinski definition) is 6. The van der Waals surface area contributed by atoms with Crippen LogP contribution in [0, 0.1) is 6.92 Å². The van der Waals surface area contributed by atoms with Gasteiger partial charge in [-0.1, -0.05) is 22.8 Å². The molecule has 0 aliphatic carbocycles. The molecule has 1 atom stereocenters. The summed E-state index contributed by atoms with van der Waals surface area (Å²) in [6.45, 7) is 9.63. The lowest BCUT2D eigenvalue weighted by Gasteiger charge is -2.36. The van der Waals surface area contributed by atoms with E-state index in [1.54, 1.807) is 4.68 Å². The molecule has 0 amide bonds. The summed E-state index contributed by atoms with van der Waals surface area (Å²) in [5.74, 6) is 0.690. The molecule has 1 fully saturated rings. The quantitative estimate of drug-likeness (QED) is 0.889. The summed E-state index contributed by atoms with van der Waals surface area (Å²) in [7, 11) is 2.18. The van der Waals surface area contributed by atoms with Crippen molar-refractivity contribution in [1.29, 1.82) is 0 Å². The van der Waals surface area contributed by atoms with Crippen LogP contribution in [0.5, 0.6) is 0 Å². The molecule has 3 rings (SSSR count). The van der Waals surface area contributed by atoms with Crippen LogP contribution in [0.25, 0.3) is 5.69 Å². The van der Waals surface area contributed by atoms with Crippen LogP contribution in [0.15, 0.2) is 24.3 Å². The molecule has 23 heavy (non-hydrogen) atoms. The van der Waals surface area contributed by atoms with Gasteiger partial charge in [0.25, 0.3) is 0 Å². The highest BCUT2D eigenvalue weighted by atomic mass is 15.6. The predicted molar refractivity (Wildman–Crippen MR) is 90.9 cm³/mol. The van der Waals surface area contributed by atoms with Gasteiger partial charge in [0.05, 0.1) is 5.69 Å². The van der Waals surface area contributed by atoms with Crippen LogP contribution in [0.1, 0.15) is 12.5 Å². The van der Waals surface area contributed by atoms with Crippen LogP contribution >= 0.6 is 0 Å². The van der Waals surface area contributed by atoms with Crippen LogP contribution in [0.3, 0.4) is 0 Å². The molecule has 1 aliphatic rings. The van der Waals surface area contributed by atoms with E-state index in [0.717, 1.165) is 38.4 Å². The summed E-state index contributed by atoms with van der Waals surface area (Å²) in [5, 5.41) is 15.4. The van der Waals surface area contributed by atoms with Gasteiger partial charge in [0.1, 0.15) is 0 Å². The van der Waals surface area contributed by atoms with Gasteiger partial charge in [-0.3, -0.25) is 4.90 Å². The molecule has 7 heteroatoms. The van der Waals surface area contributed by atoms with E-state index < -0.39 is 0 Å². The molecule has 2 heterocycles. The Bertz CT molecular complexity index is 614. The lowest BCUT2D eigenvalue weighted by atomic mass is 10.2. The second-order valence-electron chi connectivity index (χ2n) is 6.32. The summed E-state index contributed by atoms with van der Waals surface area (Å²) in [6.07, 6.45) is 0. The van der Waals surface area contributed by atoms with Gasteiger partial charge in [-0.25, -0.2) is 0 Å². The molecule has 1 saturated heterocycles. The lowest BCUT2D eigenvalue weighted by molar-refractivity contribution is 0.123. The van der Waals surface area contributed by atoms with Crippen molar-refractivity contribution in [3.8, 4) is 5.69 Å². The van der Waals surface area contributed by atoms with Crippen molar-refractivity contribution in [3.05, 3.63) is 29.8 Å². The first-order valence-electron chi connectivity index (χ1n) is 8.15. The number of rotatable bonds is 5. The Labute approximate surface area is 137 Å². The molecular formula is C16H25N7. The van der Waals surface area contributed by atoms with Gasteiger partial charge in [-0.2, -0.15) is 4.68 Å². The molecule has 124 valence electrons. The summed E-state index contributed by atoms with van der Waals surface area (Å²) >= 11 is 0. The fourth-order valence-corrected chi connectivity index (χ4v) is 2.79. The normalized spacial score (nSPS) is 18.0. The zero-order chi connectivity index (χ0) is 16.2. The highest BCUT2D eigenvalue weighted by Gasteiger charge is 2.19. The fraction of sp³-hybridized carbons (Fsp3) is 0.562. The van der Waals surface area contributed by atoms with E-state index in [0.29, 0.717) is 12.0 Å². The second kappa shape index (κ2) is 7.06. The Morgan fingerprint density at radius 1 is 1.13 bits per heavy atom. The van der Waals surface area contributed by atoms with Crippen molar-refractivity contribution in [2.24, 2.45) is 0 Å². The van der Waals surface area contributed by atoms with Crippen LogP contribution in [-0.4, -0.2) is 75.8 Å². The average Bonchev–Trinajstić information content (AvgIpc) is 3.02. The van der Waals surface area contributed by atoms with Gasteiger partial charge in [0.15, 0.2) is 0 Å². The topological polar surface area (TPSA) is 62.1 Å². The number of likely N-dealkylation sites (N-methyl/N-ethyl adjacent to an activating group) is 1. The highest BCUT2D eigenvalue weighted by Crippen LogP contribution is 2.13. The molecule has 1 aromatic carbocycles. The van der Waals surface area contributed by atoms with E-state index in [9.17, 15) is 0 Å². The van der Waals surface area contributed by atoms with Gasteiger partial charge in [0.2, 0.25) is 5.95 Å². The predicted octanol–water partition coefficient (Wildman–Crippen LogP) is 1.02. The molecule has 1 aromatic heterocycles. The zero-order valence-corrected chi connectivity index (χ0v) is 14.1. The highest BCUT2D eigenvalue weighted by molar-refractivity contribution is 5.39. The van der Waals surface area contributed by atoms with Gasteiger partial charge in [0, 0.05) is 38.8 Å². The van der Waals surface area contributed by atoms with E-state index in [-0.39, 0.29) is 0 Å². The number of nitrogens with one attached hydrogen (secondary N) is 1. The number of nitrogens with zero attached hydrogens (tertiary/aromatic N) is 6. The van der Waals surface area contributed by atoms with Gasteiger partial charge < -0.3 is 10.2 Å². The van der Waals surface area contributed by atoms with Crippen LogP contribution in [0.4, 0.5) is 5.95 Å². The van der Waals surface area contributed by atoms with Crippen LogP contribution < -0.4 is 5.32 Å². The summed E-state index contributed by atoms with van der Waals surface area (Å²) in [4.78, 5) is 4.88. The van der Waals surface area contributed by atoms with Gasteiger partial charge >= 0.3 is 0 Å². The van der Waals surface area contributed by atoms with Crippen molar-refractivity contribution >= 4 is 5.95 Å². The molecule has 0 radical (unpaired) electrons. The van der Waals surface area contributed by atoms with Crippen LogP contribution in [0.2, 0.25) is 0 Å². The van der Waals surface area contributed by atoms with Crippen molar-refractivity contribution in [2.75, 3.05) is 45.1 Å². The summed E-state index contributed by atoms with van der Waals surface area (Å²) in [6, 6.07) is 8.63. The first kappa shape index (κ1) is 15.9. The third kappa shape index (κ3) is 3.86. The van der Waals surface area contributed by atoms with E-state index in [2.05, 4.69) is 63.7 Å². The van der Waals surface area contributed by atoms with E-state index in [1.807, 2.05) is 12.1 Å². The maximum atomic E-state index is 4.11. The fourth-order valence-electron chi connectivity index (χ4n) is 2.79. The molecule has 1 aliphatic heterocycles. The minimum absolute atomic E-state index is 0.451. The third-order valence-corrected chi connectivity index (χ3v) is 4.46. The Hall–Kier alpha value is -1.99. The molecule has 2 aromatic rings. The number of hydrogen-bond donors (Lipinski definition) is 1. The van der Waals surface area contributed by atoms with Crippen molar-refractivity contribution in [2.45, 2.75) is 19.9 Å².